The van der Waals surface area contributed by atoms with E-state index in [-0.39, 0.29) is 34.0 Å². The average molecular weight is 545 g/mol. The number of anilines is 3. The molecular weight excluding hydrogens is 518 g/mol. The molecule has 3 aromatic rings. The zero-order valence-electron chi connectivity index (χ0n) is 20.5. The highest BCUT2D eigenvalue weighted by atomic mass is 32.2. The number of H-pyrrole nitrogens is 1. The number of aromatic amines is 1. The molecule has 0 radical (unpaired) electrons. The number of rotatable bonds is 9. The maximum atomic E-state index is 15.4. The summed E-state index contributed by atoms with van der Waals surface area (Å²) in [5.74, 6) is 2.07. The predicted octanol–water partition coefficient (Wildman–Crippen LogP) is 3.60. The third-order valence-corrected chi connectivity index (χ3v) is 7.31. The molecule has 2 atom stereocenters. The molecule has 0 fully saturated rings. The van der Waals surface area contributed by atoms with Crippen LogP contribution in [-0.4, -0.2) is 46.9 Å². The summed E-state index contributed by atoms with van der Waals surface area (Å²) >= 11 is 0. The molecule has 1 aliphatic carbocycles. The fourth-order valence-electron chi connectivity index (χ4n) is 4.02. The molecule has 0 bridgehead atoms. The topological polar surface area (TPSA) is 170 Å². The molecule has 0 saturated heterocycles. The first kappa shape index (κ1) is 26.9. The number of amidine groups is 1. The number of Topliss-reactive ketones (excluding diaryl/α,β-unsaturated/α-hetero) is 1. The molecule has 6 N–H and O–H groups in total. The minimum Gasteiger partial charge on any atom is -0.345 e. The number of benzene rings is 1. The summed E-state index contributed by atoms with van der Waals surface area (Å²) in [4.78, 5) is 24.6. The molecule has 38 heavy (non-hydrogen) atoms. The third kappa shape index (κ3) is 5.40. The Bertz CT molecular complexity index is 1570. The lowest BCUT2D eigenvalue weighted by Gasteiger charge is -2.24. The van der Waals surface area contributed by atoms with Crippen LogP contribution in [0, 0.1) is 11.3 Å². The van der Waals surface area contributed by atoms with Crippen molar-refractivity contribution < 1.29 is 22.0 Å². The maximum Gasteiger partial charge on any atom is 0.232 e. The normalized spacial score (nSPS) is 17.5. The minimum absolute atomic E-state index is 0.0797. The molecule has 11 nitrogen and oxygen atoms in total. The van der Waals surface area contributed by atoms with E-state index < -0.39 is 39.4 Å². The molecule has 200 valence electrons. The Labute approximate surface area is 217 Å². The van der Waals surface area contributed by atoms with Crippen LogP contribution in [0.25, 0.3) is 11.0 Å². The van der Waals surface area contributed by atoms with Crippen LogP contribution in [0.5, 0.6) is 0 Å². The Kier molecular flexibility index (Phi) is 7.55. The molecule has 0 amide bonds. The predicted molar refractivity (Wildman–Crippen MR) is 141 cm³/mol. The second-order valence-electron chi connectivity index (χ2n) is 8.62. The van der Waals surface area contributed by atoms with Crippen LogP contribution < -0.4 is 20.9 Å². The number of nitrogens with zero attached hydrogens (tertiary/aromatic N) is 3. The molecule has 0 saturated carbocycles. The number of fused-ring (bicyclic) bond motifs is 1. The zero-order chi connectivity index (χ0) is 27.6. The van der Waals surface area contributed by atoms with Gasteiger partial charge in [0.1, 0.15) is 35.4 Å². The monoisotopic (exact) mass is 544 g/mol. The second-order valence-corrected chi connectivity index (χ2v) is 10.5. The standard InChI is InChI=1S/C24H26F2N8O3S/c1-3-9-38(36,37)33-18-8-7-17(25)20(21(18)26)22(35)16-11-29-23-19(16)24(31-12-30-23)32-14-5-4-6-15(10-14)34(28)13(2)27/h4-8,10-12,20-21,27,33H,3,9,28H2,1-2H3,(H2,29,30,31,32). The van der Waals surface area contributed by atoms with Crippen LogP contribution in [0.4, 0.5) is 26.0 Å². The van der Waals surface area contributed by atoms with Crippen molar-refractivity contribution in [1.82, 2.24) is 19.7 Å². The SMILES string of the molecule is CCCS(=O)(=O)NC1=CC=C(F)C(C(=O)c2c[nH]c3ncnc(Nc4cccc(N(N)C(C)=N)c4)c23)C1F. The van der Waals surface area contributed by atoms with Gasteiger partial charge in [0.25, 0.3) is 0 Å². The largest absolute Gasteiger partial charge is 0.345 e. The summed E-state index contributed by atoms with van der Waals surface area (Å²) < 4.78 is 56.7. The summed E-state index contributed by atoms with van der Waals surface area (Å²) in [6.45, 7) is 3.17. The van der Waals surface area contributed by atoms with Crippen molar-refractivity contribution in [2.45, 2.75) is 26.4 Å². The lowest BCUT2D eigenvalue weighted by atomic mass is 9.87. The third-order valence-electron chi connectivity index (χ3n) is 5.82. The van der Waals surface area contributed by atoms with Gasteiger partial charge in [0.2, 0.25) is 10.0 Å². The molecule has 4 rings (SSSR count). The summed E-state index contributed by atoms with van der Waals surface area (Å²) in [7, 11) is -3.86. The molecule has 2 heterocycles. The highest BCUT2D eigenvalue weighted by Crippen LogP contribution is 2.35. The summed E-state index contributed by atoms with van der Waals surface area (Å²) in [5.41, 5.74) is 0.771. The second kappa shape index (κ2) is 10.7. The van der Waals surface area contributed by atoms with Crippen LogP contribution in [-0.2, 0) is 10.0 Å². The van der Waals surface area contributed by atoms with Gasteiger partial charge in [-0.15, -0.1) is 0 Å². The van der Waals surface area contributed by atoms with E-state index in [4.69, 9.17) is 11.3 Å². The first-order valence-electron chi connectivity index (χ1n) is 11.6. The first-order valence-corrected chi connectivity index (χ1v) is 13.2. The number of ketones is 1. The number of carbonyl (C=O) groups is 1. The van der Waals surface area contributed by atoms with Crippen molar-refractivity contribution in [3.8, 4) is 0 Å². The van der Waals surface area contributed by atoms with Gasteiger partial charge in [0.05, 0.1) is 22.5 Å². The number of aromatic nitrogens is 3. The Morgan fingerprint density at radius 2 is 2.05 bits per heavy atom. The average Bonchev–Trinajstić information content (AvgIpc) is 3.31. The number of hydrazine groups is 1. The zero-order valence-corrected chi connectivity index (χ0v) is 21.3. The van der Waals surface area contributed by atoms with E-state index in [1.54, 1.807) is 31.2 Å². The minimum atomic E-state index is -3.86. The van der Waals surface area contributed by atoms with Crippen LogP contribution in [0.3, 0.4) is 0 Å². The fourth-order valence-corrected chi connectivity index (χ4v) is 5.19. The Morgan fingerprint density at radius 3 is 2.76 bits per heavy atom. The van der Waals surface area contributed by atoms with E-state index >= 15 is 4.39 Å². The van der Waals surface area contributed by atoms with Gasteiger partial charge in [-0.2, -0.15) is 0 Å². The van der Waals surface area contributed by atoms with Gasteiger partial charge in [-0.25, -0.2) is 33.0 Å². The Morgan fingerprint density at radius 1 is 1.29 bits per heavy atom. The number of nitrogens with two attached hydrogens (primary N) is 1. The highest BCUT2D eigenvalue weighted by Gasteiger charge is 2.40. The lowest BCUT2D eigenvalue weighted by molar-refractivity contribution is 0.0870. The van der Waals surface area contributed by atoms with Gasteiger partial charge in [-0.05, 0) is 43.7 Å². The van der Waals surface area contributed by atoms with Crippen molar-refractivity contribution >= 4 is 49.9 Å². The van der Waals surface area contributed by atoms with Crippen LogP contribution in [0.2, 0.25) is 0 Å². The van der Waals surface area contributed by atoms with E-state index in [1.807, 2.05) is 0 Å². The lowest BCUT2D eigenvalue weighted by Crippen LogP contribution is -2.37. The first-order chi connectivity index (χ1) is 18.0. The van der Waals surface area contributed by atoms with Gasteiger partial charge in [-0.1, -0.05) is 13.0 Å². The molecule has 14 heteroatoms. The number of allylic oxidation sites excluding steroid dienone is 4. The smallest absolute Gasteiger partial charge is 0.232 e. The van der Waals surface area contributed by atoms with E-state index in [2.05, 4.69) is 25.0 Å². The number of hydrogen-bond donors (Lipinski definition) is 5. The fraction of sp³-hybridized carbons (Fsp3) is 0.250. The maximum absolute atomic E-state index is 15.4. The van der Waals surface area contributed by atoms with Crippen molar-refractivity contribution in [2.24, 2.45) is 11.8 Å². The van der Waals surface area contributed by atoms with Gasteiger partial charge < -0.3 is 10.3 Å². The van der Waals surface area contributed by atoms with E-state index in [0.29, 0.717) is 17.8 Å². The Hall–Kier alpha value is -4.17. The van der Waals surface area contributed by atoms with E-state index in [0.717, 1.165) is 12.2 Å². The van der Waals surface area contributed by atoms with Crippen LogP contribution in [0.1, 0.15) is 30.6 Å². The van der Waals surface area contributed by atoms with Crippen LogP contribution >= 0.6 is 0 Å². The van der Waals surface area contributed by atoms with Gasteiger partial charge in [0, 0.05) is 17.4 Å². The molecule has 0 aliphatic heterocycles. The van der Waals surface area contributed by atoms with Gasteiger partial charge >= 0.3 is 0 Å². The van der Waals surface area contributed by atoms with Crippen molar-refractivity contribution in [2.75, 3.05) is 16.1 Å². The number of alkyl halides is 1. The molecule has 1 aromatic carbocycles. The van der Waals surface area contributed by atoms with Crippen molar-refractivity contribution in [3.05, 3.63) is 66.0 Å². The molecule has 0 spiro atoms. The van der Waals surface area contributed by atoms with E-state index in [9.17, 15) is 17.6 Å². The quantitative estimate of drug-likeness (QED) is 0.0894. The number of carbonyl (C=O) groups excluding carboxylic acids is 1. The van der Waals surface area contributed by atoms with Gasteiger partial charge in [-0.3, -0.25) is 19.9 Å². The van der Waals surface area contributed by atoms with Crippen LogP contribution in [0.15, 0.2) is 60.5 Å². The summed E-state index contributed by atoms with van der Waals surface area (Å²) in [5, 5.41) is 12.1. The van der Waals surface area contributed by atoms with E-state index in [1.165, 1.54) is 24.5 Å². The molecule has 1 aliphatic rings. The summed E-state index contributed by atoms with van der Waals surface area (Å²) in [6, 6.07) is 6.76. The molecule has 2 unspecified atom stereocenters. The number of hydrogen-bond acceptors (Lipinski definition) is 8. The van der Waals surface area contributed by atoms with Crippen molar-refractivity contribution in [1.29, 1.82) is 5.41 Å². The summed E-state index contributed by atoms with van der Waals surface area (Å²) in [6.07, 6.45) is 2.42. The Balaban J connectivity index is 1.68. The number of halogens is 2. The number of nitrogens with one attached hydrogen (secondary N) is 4. The highest BCUT2D eigenvalue weighted by molar-refractivity contribution is 7.89. The van der Waals surface area contributed by atoms with Gasteiger partial charge in [0.15, 0.2) is 12.0 Å². The van der Waals surface area contributed by atoms with Crippen molar-refractivity contribution in [3.63, 3.8) is 0 Å². The molecule has 2 aromatic heterocycles. The number of sulfonamides is 1. The molecular formula is C24H26F2N8O3S.